The fraction of sp³-hybridized carbons (Fsp3) is 0.419. The molecular weight excluding hydrogens is 450 g/mol. The number of fused-ring (bicyclic) bond motifs is 1. The molecule has 1 unspecified atom stereocenters. The maximum Gasteiger partial charge on any atom is 0.122 e. The average molecular weight is 490 g/mol. The highest BCUT2D eigenvalue weighted by molar-refractivity contribution is 8.00. The normalized spacial score (nSPS) is 14.2. The fourth-order valence-corrected chi connectivity index (χ4v) is 5.79. The lowest BCUT2D eigenvalue weighted by molar-refractivity contribution is -0.0529. The van der Waals surface area contributed by atoms with Crippen LogP contribution >= 0.6 is 11.9 Å². The summed E-state index contributed by atoms with van der Waals surface area (Å²) in [6, 6.07) is 19.6. The van der Waals surface area contributed by atoms with Crippen molar-refractivity contribution in [3.8, 4) is 16.9 Å². The van der Waals surface area contributed by atoms with E-state index in [1.165, 1.54) is 44.6 Å². The molecule has 0 aliphatic carbocycles. The molecule has 0 saturated carbocycles. The Balaban J connectivity index is 1.66. The number of benzene rings is 3. The fourth-order valence-electron chi connectivity index (χ4n) is 4.99. The van der Waals surface area contributed by atoms with Crippen molar-refractivity contribution >= 4 is 17.6 Å². The summed E-state index contributed by atoms with van der Waals surface area (Å²) in [5, 5.41) is 0. The second kappa shape index (κ2) is 11.1. The largest absolute Gasteiger partial charge is 0.493 e. The van der Waals surface area contributed by atoms with Crippen LogP contribution in [0.3, 0.4) is 0 Å². The molecule has 0 radical (unpaired) electrons. The first-order valence-corrected chi connectivity index (χ1v) is 13.7. The van der Waals surface area contributed by atoms with Crippen LogP contribution in [0, 0.1) is 13.8 Å². The van der Waals surface area contributed by atoms with Gasteiger partial charge in [-0.15, -0.1) is 0 Å². The number of nitrogens with one attached hydrogen (secondary N) is 1. The van der Waals surface area contributed by atoms with E-state index in [0.717, 1.165) is 37.4 Å². The van der Waals surface area contributed by atoms with Crippen molar-refractivity contribution in [3.05, 3.63) is 82.4 Å². The van der Waals surface area contributed by atoms with Crippen molar-refractivity contribution in [1.82, 2.24) is 0 Å². The van der Waals surface area contributed by atoms with E-state index in [1.54, 1.807) is 11.9 Å². The van der Waals surface area contributed by atoms with Crippen molar-refractivity contribution in [2.45, 2.75) is 72.5 Å². The zero-order chi connectivity index (χ0) is 25.0. The predicted octanol–water partition coefficient (Wildman–Crippen LogP) is 8.47. The van der Waals surface area contributed by atoms with Gasteiger partial charge in [0.15, 0.2) is 0 Å². The monoisotopic (exact) mass is 489 g/mol. The van der Waals surface area contributed by atoms with Gasteiger partial charge in [0.25, 0.3) is 0 Å². The van der Waals surface area contributed by atoms with Crippen LogP contribution < -0.4 is 9.46 Å². The smallest absolute Gasteiger partial charge is 0.122 e. The van der Waals surface area contributed by atoms with E-state index in [-0.39, 0.29) is 11.7 Å². The molecule has 4 rings (SSSR count). The van der Waals surface area contributed by atoms with Crippen LogP contribution in [0.15, 0.2) is 54.6 Å². The van der Waals surface area contributed by atoms with Crippen LogP contribution in [-0.4, -0.2) is 18.0 Å². The van der Waals surface area contributed by atoms with Gasteiger partial charge >= 0.3 is 0 Å². The lowest BCUT2D eigenvalue weighted by Crippen LogP contribution is -2.22. The Kier molecular flexibility index (Phi) is 8.13. The molecule has 186 valence electrons. The first-order chi connectivity index (χ1) is 16.7. The minimum absolute atomic E-state index is 0.0351. The summed E-state index contributed by atoms with van der Waals surface area (Å²) in [4.78, 5) is 0. The average Bonchev–Trinajstić information content (AvgIpc) is 2.82. The topological polar surface area (TPSA) is 30.5 Å². The van der Waals surface area contributed by atoms with E-state index >= 15 is 0 Å². The van der Waals surface area contributed by atoms with Crippen LogP contribution in [0.5, 0.6) is 5.75 Å². The third-order valence-electron chi connectivity index (χ3n) is 6.48. The Labute approximate surface area is 215 Å². The van der Waals surface area contributed by atoms with Gasteiger partial charge in [0.2, 0.25) is 0 Å². The first kappa shape index (κ1) is 25.7. The molecule has 0 amide bonds. The third-order valence-corrected chi connectivity index (χ3v) is 7.26. The van der Waals surface area contributed by atoms with Crippen molar-refractivity contribution in [1.29, 1.82) is 0 Å². The number of hydrogen-bond donors (Lipinski definition) is 1. The molecule has 0 aromatic heterocycles. The lowest BCUT2D eigenvalue weighted by atomic mass is 9.87. The molecule has 3 aromatic rings. The molecule has 1 aliphatic rings. The Hall–Kier alpha value is -2.43. The van der Waals surface area contributed by atoms with E-state index in [4.69, 9.17) is 9.47 Å². The third kappa shape index (κ3) is 6.42. The molecule has 1 atom stereocenters. The van der Waals surface area contributed by atoms with Gasteiger partial charge in [-0.05, 0) is 118 Å². The van der Waals surface area contributed by atoms with Gasteiger partial charge in [-0.2, -0.15) is 0 Å². The molecule has 1 N–H and O–H groups in total. The van der Waals surface area contributed by atoms with Crippen LogP contribution in [0.25, 0.3) is 11.1 Å². The van der Waals surface area contributed by atoms with Crippen LogP contribution in [0.4, 0.5) is 5.69 Å². The molecule has 0 saturated heterocycles. The van der Waals surface area contributed by atoms with Gasteiger partial charge in [-0.1, -0.05) is 48.3 Å². The van der Waals surface area contributed by atoms with Gasteiger partial charge in [0.05, 0.1) is 18.3 Å². The van der Waals surface area contributed by atoms with E-state index in [2.05, 4.69) is 101 Å². The second-order valence-corrected chi connectivity index (χ2v) is 11.4. The lowest BCUT2D eigenvalue weighted by Gasteiger charge is -2.30. The maximum absolute atomic E-state index is 6.51. The summed E-state index contributed by atoms with van der Waals surface area (Å²) >= 11 is 1.77. The molecule has 35 heavy (non-hydrogen) atoms. The molecule has 0 bridgehead atoms. The number of aryl methyl sites for hydroxylation is 3. The summed E-state index contributed by atoms with van der Waals surface area (Å²) in [5.74, 6) is 2.04. The number of anilines is 1. The summed E-state index contributed by atoms with van der Waals surface area (Å²) in [5.41, 5.74) is 9.93. The molecular formula is C31H39NO2S. The molecule has 3 nitrogen and oxygen atoms in total. The highest BCUT2D eigenvalue weighted by Gasteiger charge is 2.25. The number of hydrogen-bond acceptors (Lipinski definition) is 4. The predicted molar refractivity (Wildman–Crippen MR) is 151 cm³/mol. The highest BCUT2D eigenvalue weighted by atomic mass is 32.2. The standard InChI is InChI=1S/C31H39NO2S/c1-21-19-27(32-35-18-16-24-11-8-7-9-12-24)22(2)30(23(3)34-31(4,5)6)29(21)26-14-15-28-25(20-26)13-10-17-33-28/h7-9,11-12,14-15,19-20,23,32H,10,13,16-18H2,1-6H3. The van der Waals surface area contributed by atoms with Gasteiger partial charge in [-0.3, -0.25) is 0 Å². The number of rotatable bonds is 8. The zero-order valence-corrected chi connectivity index (χ0v) is 22.9. The Morgan fingerprint density at radius 3 is 2.57 bits per heavy atom. The Morgan fingerprint density at radius 1 is 1.06 bits per heavy atom. The minimum Gasteiger partial charge on any atom is -0.493 e. The van der Waals surface area contributed by atoms with Gasteiger partial charge < -0.3 is 14.2 Å². The molecule has 4 heteroatoms. The Bertz CT molecular complexity index is 1150. The van der Waals surface area contributed by atoms with Crippen LogP contribution in [-0.2, 0) is 17.6 Å². The highest BCUT2D eigenvalue weighted by Crippen LogP contribution is 2.42. The van der Waals surface area contributed by atoms with Gasteiger partial charge in [0, 0.05) is 11.4 Å². The molecule has 1 heterocycles. The Morgan fingerprint density at radius 2 is 1.83 bits per heavy atom. The van der Waals surface area contributed by atoms with Crippen molar-refractivity contribution in [3.63, 3.8) is 0 Å². The summed E-state index contributed by atoms with van der Waals surface area (Å²) in [6.07, 6.45) is 3.16. The van der Waals surface area contributed by atoms with Gasteiger partial charge in [0.1, 0.15) is 5.75 Å². The second-order valence-electron chi connectivity index (χ2n) is 10.5. The van der Waals surface area contributed by atoms with E-state index < -0.39 is 0 Å². The first-order valence-electron chi connectivity index (χ1n) is 12.7. The molecule has 0 spiro atoms. The summed E-state index contributed by atoms with van der Waals surface area (Å²) in [6.45, 7) is 13.8. The summed E-state index contributed by atoms with van der Waals surface area (Å²) < 4.78 is 16.0. The van der Waals surface area contributed by atoms with Crippen LogP contribution in [0.1, 0.15) is 68.0 Å². The van der Waals surface area contributed by atoms with Crippen molar-refractivity contribution in [2.24, 2.45) is 0 Å². The van der Waals surface area contributed by atoms with E-state index in [9.17, 15) is 0 Å². The van der Waals surface area contributed by atoms with E-state index in [0.29, 0.717) is 0 Å². The molecule has 1 aliphatic heterocycles. The van der Waals surface area contributed by atoms with Crippen molar-refractivity contribution < 1.29 is 9.47 Å². The minimum atomic E-state index is -0.228. The zero-order valence-electron chi connectivity index (χ0n) is 22.0. The quantitative estimate of drug-likeness (QED) is 0.254. The summed E-state index contributed by atoms with van der Waals surface area (Å²) in [7, 11) is 0. The SMILES string of the molecule is Cc1cc(NSCCc2ccccc2)c(C)c(C(C)OC(C)(C)C)c1-c1ccc2c(c1)CCCO2. The maximum atomic E-state index is 6.51. The van der Waals surface area contributed by atoms with Gasteiger partial charge in [-0.25, -0.2) is 0 Å². The number of ether oxygens (including phenoxy) is 2. The molecule has 3 aromatic carbocycles. The van der Waals surface area contributed by atoms with E-state index in [1.807, 2.05) is 0 Å². The van der Waals surface area contributed by atoms with Crippen LogP contribution in [0.2, 0.25) is 0 Å². The molecule has 0 fully saturated rings. The van der Waals surface area contributed by atoms with Crippen molar-refractivity contribution in [2.75, 3.05) is 17.1 Å².